The number of rotatable bonds is 7. The van der Waals surface area contributed by atoms with Crippen LogP contribution in [0.25, 0.3) is 0 Å². The Labute approximate surface area is 125 Å². The van der Waals surface area contributed by atoms with E-state index in [4.69, 9.17) is 14.6 Å². The number of carboxylic acid groups (broad SMARTS) is 1. The molecule has 1 aliphatic rings. The van der Waals surface area contributed by atoms with Crippen LogP contribution in [0.4, 0.5) is 0 Å². The molecule has 1 saturated heterocycles. The first-order valence-corrected chi connectivity index (χ1v) is 7.52. The highest BCUT2D eigenvalue weighted by atomic mass is 16.5. The Hall–Kier alpha value is -1.75. The van der Waals surface area contributed by atoms with Crippen molar-refractivity contribution in [2.75, 3.05) is 26.3 Å². The van der Waals surface area contributed by atoms with Crippen LogP contribution in [0.2, 0.25) is 0 Å². The number of piperidine rings is 1. The SMILES string of the molecule is CCOc1cc(C2CCNCC2)ccc1OCCC(=O)O. The molecule has 0 aliphatic carbocycles. The quantitative estimate of drug-likeness (QED) is 0.808. The van der Waals surface area contributed by atoms with Gasteiger partial charge in [0.1, 0.15) is 0 Å². The average molecular weight is 293 g/mol. The lowest BCUT2D eigenvalue weighted by Gasteiger charge is -2.24. The fraction of sp³-hybridized carbons (Fsp3) is 0.562. The summed E-state index contributed by atoms with van der Waals surface area (Å²) >= 11 is 0. The second kappa shape index (κ2) is 7.88. The minimum absolute atomic E-state index is 0.0123. The van der Waals surface area contributed by atoms with E-state index in [9.17, 15) is 4.79 Å². The van der Waals surface area contributed by atoms with Crippen molar-refractivity contribution in [3.05, 3.63) is 23.8 Å². The number of ether oxygens (including phenoxy) is 2. The van der Waals surface area contributed by atoms with E-state index in [0.29, 0.717) is 24.0 Å². The predicted octanol–water partition coefficient (Wildman–Crippen LogP) is 2.41. The maximum absolute atomic E-state index is 10.5. The van der Waals surface area contributed by atoms with E-state index < -0.39 is 5.97 Å². The third-order valence-corrected chi connectivity index (χ3v) is 3.65. The number of nitrogens with one attached hydrogen (secondary N) is 1. The molecule has 5 heteroatoms. The molecule has 0 aromatic heterocycles. The highest BCUT2D eigenvalue weighted by Gasteiger charge is 2.17. The van der Waals surface area contributed by atoms with Crippen molar-refractivity contribution in [3.63, 3.8) is 0 Å². The Morgan fingerprint density at radius 1 is 1.29 bits per heavy atom. The lowest BCUT2D eigenvalue weighted by Crippen LogP contribution is -2.26. The maximum Gasteiger partial charge on any atom is 0.306 e. The van der Waals surface area contributed by atoms with E-state index in [-0.39, 0.29) is 13.0 Å². The van der Waals surface area contributed by atoms with Gasteiger partial charge >= 0.3 is 5.97 Å². The van der Waals surface area contributed by atoms with Crippen molar-refractivity contribution in [2.24, 2.45) is 0 Å². The van der Waals surface area contributed by atoms with Crippen molar-refractivity contribution in [2.45, 2.75) is 32.1 Å². The summed E-state index contributed by atoms with van der Waals surface area (Å²) in [6.45, 7) is 4.74. The summed E-state index contributed by atoms with van der Waals surface area (Å²) < 4.78 is 11.2. The fourth-order valence-electron chi connectivity index (χ4n) is 2.57. The molecule has 0 saturated carbocycles. The Balaban J connectivity index is 2.07. The molecular formula is C16H23NO4. The molecule has 0 amide bonds. The van der Waals surface area contributed by atoms with Gasteiger partial charge in [0, 0.05) is 0 Å². The van der Waals surface area contributed by atoms with Gasteiger partial charge in [-0.05, 0) is 56.5 Å². The first kappa shape index (κ1) is 15.6. The Bertz CT molecular complexity index is 469. The molecule has 0 radical (unpaired) electrons. The van der Waals surface area contributed by atoms with E-state index in [2.05, 4.69) is 11.4 Å². The Morgan fingerprint density at radius 2 is 2.05 bits per heavy atom. The monoisotopic (exact) mass is 293 g/mol. The maximum atomic E-state index is 10.5. The minimum Gasteiger partial charge on any atom is -0.490 e. The largest absolute Gasteiger partial charge is 0.490 e. The van der Waals surface area contributed by atoms with Crippen molar-refractivity contribution in [1.29, 1.82) is 0 Å². The summed E-state index contributed by atoms with van der Waals surface area (Å²) in [5, 5.41) is 12.0. The third-order valence-electron chi connectivity index (χ3n) is 3.65. The van der Waals surface area contributed by atoms with Crippen LogP contribution >= 0.6 is 0 Å². The molecule has 21 heavy (non-hydrogen) atoms. The zero-order valence-electron chi connectivity index (χ0n) is 12.4. The van der Waals surface area contributed by atoms with Gasteiger partial charge in [-0.1, -0.05) is 6.07 Å². The number of carbonyl (C=O) groups is 1. The van der Waals surface area contributed by atoms with Crippen LogP contribution in [0.1, 0.15) is 37.7 Å². The van der Waals surface area contributed by atoms with Crippen molar-refractivity contribution in [1.82, 2.24) is 5.32 Å². The topological polar surface area (TPSA) is 67.8 Å². The molecule has 2 rings (SSSR count). The second-order valence-corrected chi connectivity index (χ2v) is 5.16. The summed E-state index contributed by atoms with van der Waals surface area (Å²) in [6.07, 6.45) is 2.25. The summed E-state index contributed by atoms with van der Waals surface area (Å²) in [5.41, 5.74) is 1.27. The molecule has 2 N–H and O–H groups in total. The number of hydrogen-bond donors (Lipinski definition) is 2. The van der Waals surface area contributed by atoms with E-state index in [1.54, 1.807) is 0 Å². The van der Waals surface area contributed by atoms with Crippen LogP contribution in [0.5, 0.6) is 11.5 Å². The van der Waals surface area contributed by atoms with Gasteiger partial charge in [0.05, 0.1) is 19.6 Å². The first-order chi connectivity index (χ1) is 10.2. The number of carboxylic acids is 1. The van der Waals surface area contributed by atoms with Gasteiger partial charge in [-0.3, -0.25) is 4.79 Å². The van der Waals surface area contributed by atoms with Gasteiger partial charge in [0.25, 0.3) is 0 Å². The van der Waals surface area contributed by atoms with Gasteiger partial charge in [-0.25, -0.2) is 0 Å². The first-order valence-electron chi connectivity index (χ1n) is 7.52. The standard InChI is InChI=1S/C16H23NO4/c1-2-20-15-11-13(12-5-8-17-9-6-12)3-4-14(15)21-10-7-16(18)19/h3-4,11-12,17H,2,5-10H2,1H3,(H,18,19). The lowest BCUT2D eigenvalue weighted by atomic mass is 9.90. The fourth-order valence-corrected chi connectivity index (χ4v) is 2.57. The van der Waals surface area contributed by atoms with E-state index in [0.717, 1.165) is 25.9 Å². The summed E-state index contributed by atoms with van der Waals surface area (Å²) in [4.78, 5) is 10.5. The van der Waals surface area contributed by atoms with Crippen molar-refractivity contribution >= 4 is 5.97 Å². The van der Waals surface area contributed by atoms with Crippen LogP contribution in [0, 0.1) is 0 Å². The molecule has 1 fully saturated rings. The molecule has 0 atom stereocenters. The van der Waals surface area contributed by atoms with Crippen LogP contribution in [-0.4, -0.2) is 37.4 Å². The molecule has 1 heterocycles. The third kappa shape index (κ3) is 4.63. The number of benzene rings is 1. The molecular weight excluding hydrogens is 270 g/mol. The Morgan fingerprint density at radius 3 is 2.71 bits per heavy atom. The summed E-state index contributed by atoms with van der Waals surface area (Å²) in [6, 6.07) is 5.99. The smallest absolute Gasteiger partial charge is 0.306 e. The number of hydrogen-bond acceptors (Lipinski definition) is 4. The van der Waals surface area contributed by atoms with E-state index in [1.165, 1.54) is 5.56 Å². The van der Waals surface area contributed by atoms with Gasteiger partial charge in [0.15, 0.2) is 11.5 Å². The molecule has 0 bridgehead atoms. The van der Waals surface area contributed by atoms with Crippen molar-refractivity contribution < 1.29 is 19.4 Å². The van der Waals surface area contributed by atoms with Gasteiger partial charge in [-0.2, -0.15) is 0 Å². The van der Waals surface area contributed by atoms with Crippen LogP contribution in [0.3, 0.4) is 0 Å². The second-order valence-electron chi connectivity index (χ2n) is 5.16. The highest BCUT2D eigenvalue weighted by Crippen LogP contribution is 2.34. The highest BCUT2D eigenvalue weighted by molar-refractivity contribution is 5.66. The van der Waals surface area contributed by atoms with Crippen molar-refractivity contribution in [3.8, 4) is 11.5 Å². The van der Waals surface area contributed by atoms with E-state index >= 15 is 0 Å². The zero-order valence-corrected chi connectivity index (χ0v) is 12.4. The van der Waals surface area contributed by atoms with Crippen LogP contribution in [-0.2, 0) is 4.79 Å². The minimum atomic E-state index is -0.862. The van der Waals surface area contributed by atoms with Crippen LogP contribution < -0.4 is 14.8 Å². The van der Waals surface area contributed by atoms with Gasteiger partial charge < -0.3 is 19.9 Å². The number of aliphatic carboxylic acids is 1. The predicted molar refractivity (Wildman–Crippen MR) is 80.2 cm³/mol. The molecule has 1 aromatic rings. The summed E-state index contributed by atoms with van der Waals surface area (Å²) in [7, 11) is 0. The molecule has 116 valence electrons. The molecule has 1 aromatic carbocycles. The molecule has 0 unspecified atom stereocenters. The molecule has 5 nitrogen and oxygen atoms in total. The Kier molecular flexibility index (Phi) is 5.87. The lowest BCUT2D eigenvalue weighted by molar-refractivity contribution is -0.137. The van der Waals surface area contributed by atoms with Crippen LogP contribution in [0.15, 0.2) is 18.2 Å². The van der Waals surface area contributed by atoms with Gasteiger partial charge in [0.2, 0.25) is 0 Å². The molecule has 1 aliphatic heterocycles. The summed E-state index contributed by atoms with van der Waals surface area (Å²) in [5.74, 6) is 1.02. The molecule has 0 spiro atoms. The normalized spacial score (nSPS) is 15.7. The zero-order chi connectivity index (χ0) is 15.1. The average Bonchev–Trinajstić information content (AvgIpc) is 2.49. The van der Waals surface area contributed by atoms with Gasteiger partial charge in [-0.15, -0.1) is 0 Å². The van der Waals surface area contributed by atoms with E-state index in [1.807, 2.05) is 19.1 Å².